The minimum atomic E-state index is -1.18. The number of carboxylic acids is 1. The van der Waals surface area contributed by atoms with E-state index in [9.17, 15) is 9.59 Å². The molecule has 0 saturated carbocycles. The Morgan fingerprint density at radius 1 is 1.43 bits per heavy atom. The Balaban J connectivity index is 2.15. The van der Waals surface area contributed by atoms with Gasteiger partial charge in [-0.3, -0.25) is 9.48 Å². The largest absolute Gasteiger partial charge is 0.478 e. The van der Waals surface area contributed by atoms with Crippen molar-refractivity contribution in [2.45, 2.75) is 6.54 Å². The van der Waals surface area contributed by atoms with Gasteiger partial charge in [0.15, 0.2) is 5.69 Å². The van der Waals surface area contributed by atoms with Gasteiger partial charge in [0.25, 0.3) is 5.91 Å². The monoisotopic (exact) mass is 309 g/mol. The molecule has 21 heavy (non-hydrogen) atoms. The van der Waals surface area contributed by atoms with Gasteiger partial charge in [0.1, 0.15) is 0 Å². The van der Waals surface area contributed by atoms with E-state index < -0.39 is 11.9 Å². The summed E-state index contributed by atoms with van der Waals surface area (Å²) in [5, 5.41) is 19.0. The van der Waals surface area contributed by atoms with Gasteiger partial charge >= 0.3 is 5.97 Å². The van der Waals surface area contributed by atoms with Crippen LogP contribution in [0, 0.1) is 0 Å². The summed E-state index contributed by atoms with van der Waals surface area (Å²) in [6.07, 6.45) is 1.45. The maximum absolute atomic E-state index is 12.0. The van der Waals surface area contributed by atoms with Crippen LogP contribution in [0.4, 0.5) is 5.69 Å². The molecule has 0 aliphatic heterocycles. The predicted octanol–water partition coefficient (Wildman–Crippen LogP) is 0.841. The molecule has 0 spiro atoms. The summed E-state index contributed by atoms with van der Waals surface area (Å²) in [5.74, 6) is -1.68. The summed E-state index contributed by atoms with van der Waals surface area (Å²) in [4.78, 5) is 22.9. The van der Waals surface area contributed by atoms with Crippen molar-refractivity contribution < 1.29 is 14.7 Å². The normalized spacial score (nSPS) is 10.4. The van der Waals surface area contributed by atoms with E-state index >= 15 is 0 Å². The predicted molar refractivity (Wildman–Crippen MR) is 75.4 cm³/mol. The van der Waals surface area contributed by atoms with Crippen LogP contribution < -0.4 is 11.1 Å². The van der Waals surface area contributed by atoms with Crippen LogP contribution in [0.2, 0.25) is 5.02 Å². The SMILES string of the molecule is NCCn1cc(C(=O)Nc2ccc(Cl)c(C(=O)O)c2)nn1. The second-order valence-electron chi connectivity index (χ2n) is 4.11. The highest BCUT2D eigenvalue weighted by Gasteiger charge is 2.14. The number of aromatic nitrogens is 3. The van der Waals surface area contributed by atoms with Crippen molar-refractivity contribution in [3.63, 3.8) is 0 Å². The first-order chi connectivity index (χ1) is 10.0. The van der Waals surface area contributed by atoms with Crippen molar-refractivity contribution >= 4 is 29.2 Å². The molecule has 110 valence electrons. The lowest BCUT2D eigenvalue weighted by Gasteiger charge is -2.05. The zero-order chi connectivity index (χ0) is 15.4. The first-order valence-corrected chi connectivity index (χ1v) is 6.33. The Kier molecular flexibility index (Phi) is 4.51. The number of carboxylic acid groups (broad SMARTS) is 1. The third-order valence-electron chi connectivity index (χ3n) is 2.58. The molecule has 0 saturated heterocycles. The Morgan fingerprint density at radius 3 is 2.86 bits per heavy atom. The van der Waals surface area contributed by atoms with Crippen molar-refractivity contribution in [3.05, 3.63) is 40.7 Å². The van der Waals surface area contributed by atoms with Crippen LogP contribution in [-0.4, -0.2) is 38.5 Å². The van der Waals surface area contributed by atoms with Crippen LogP contribution in [0.25, 0.3) is 0 Å². The molecule has 4 N–H and O–H groups in total. The number of aromatic carboxylic acids is 1. The number of nitrogens with zero attached hydrogens (tertiary/aromatic N) is 3. The quantitative estimate of drug-likeness (QED) is 0.752. The molecule has 2 rings (SSSR count). The maximum atomic E-state index is 12.0. The standard InChI is InChI=1S/C12H12ClN5O3/c13-9-2-1-7(5-8(9)12(20)21)15-11(19)10-6-18(4-3-14)17-16-10/h1-2,5-6H,3-4,14H2,(H,15,19)(H,20,21). The Labute approximate surface area is 124 Å². The van der Waals surface area contributed by atoms with Gasteiger partial charge in [-0.1, -0.05) is 16.8 Å². The molecule has 0 fully saturated rings. The summed E-state index contributed by atoms with van der Waals surface area (Å²) < 4.78 is 1.44. The molecule has 0 atom stereocenters. The molecule has 0 aliphatic rings. The molecule has 1 aromatic heterocycles. The summed E-state index contributed by atoms with van der Waals surface area (Å²) in [5.41, 5.74) is 5.68. The van der Waals surface area contributed by atoms with E-state index in [-0.39, 0.29) is 16.3 Å². The van der Waals surface area contributed by atoms with Gasteiger partial charge in [0, 0.05) is 12.2 Å². The molecular formula is C12H12ClN5O3. The van der Waals surface area contributed by atoms with Crippen LogP contribution >= 0.6 is 11.6 Å². The molecule has 0 unspecified atom stereocenters. The molecule has 0 bridgehead atoms. The highest BCUT2D eigenvalue weighted by atomic mass is 35.5. The van der Waals surface area contributed by atoms with Gasteiger partial charge < -0.3 is 16.2 Å². The second kappa shape index (κ2) is 6.33. The number of carbonyl (C=O) groups is 2. The first-order valence-electron chi connectivity index (χ1n) is 5.95. The average molecular weight is 310 g/mol. The number of carbonyl (C=O) groups excluding carboxylic acids is 1. The van der Waals surface area contributed by atoms with Gasteiger partial charge in [-0.2, -0.15) is 0 Å². The van der Waals surface area contributed by atoms with Crippen molar-refractivity contribution in [1.29, 1.82) is 0 Å². The minimum Gasteiger partial charge on any atom is -0.478 e. The van der Waals surface area contributed by atoms with Gasteiger partial charge in [0.2, 0.25) is 0 Å². The van der Waals surface area contributed by atoms with Gasteiger partial charge in [-0.15, -0.1) is 5.10 Å². The van der Waals surface area contributed by atoms with Crippen LogP contribution in [-0.2, 0) is 6.54 Å². The zero-order valence-corrected chi connectivity index (χ0v) is 11.5. The van der Waals surface area contributed by atoms with Crippen LogP contribution in [0.1, 0.15) is 20.8 Å². The Hall–Kier alpha value is -2.45. The lowest BCUT2D eigenvalue weighted by molar-refractivity contribution is 0.0696. The molecule has 1 aromatic carbocycles. The molecule has 1 amide bonds. The minimum absolute atomic E-state index is 0.0920. The number of nitrogens with one attached hydrogen (secondary N) is 1. The smallest absolute Gasteiger partial charge is 0.337 e. The van der Waals surface area contributed by atoms with Gasteiger partial charge in [-0.25, -0.2) is 4.79 Å². The summed E-state index contributed by atoms with van der Waals surface area (Å²) in [6, 6.07) is 4.16. The van der Waals surface area contributed by atoms with E-state index in [1.807, 2.05) is 0 Å². The van der Waals surface area contributed by atoms with E-state index in [0.29, 0.717) is 18.8 Å². The summed E-state index contributed by atoms with van der Waals surface area (Å²) in [7, 11) is 0. The number of hydrogen-bond acceptors (Lipinski definition) is 5. The number of rotatable bonds is 5. The van der Waals surface area contributed by atoms with Crippen LogP contribution in [0.15, 0.2) is 24.4 Å². The number of amides is 1. The van der Waals surface area contributed by atoms with E-state index in [4.69, 9.17) is 22.4 Å². The summed E-state index contributed by atoms with van der Waals surface area (Å²) in [6.45, 7) is 0.827. The summed E-state index contributed by atoms with van der Waals surface area (Å²) >= 11 is 5.75. The van der Waals surface area contributed by atoms with Gasteiger partial charge in [-0.05, 0) is 18.2 Å². The number of halogens is 1. The second-order valence-corrected chi connectivity index (χ2v) is 4.52. The van der Waals surface area contributed by atoms with Crippen molar-refractivity contribution in [2.24, 2.45) is 5.73 Å². The van der Waals surface area contributed by atoms with Crippen LogP contribution in [0.5, 0.6) is 0 Å². The molecular weight excluding hydrogens is 298 g/mol. The molecule has 2 aromatic rings. The van der Waals surface area contributed by atoms with E-state index in [1.54, 1.807) is 0 Å². The van der Waals surface area contributed by atoms with Crippen molar-refractivity contribution in [1.82, 2.24) is 15.0 Å². The van der Waals surface area contributed by atoms with E-state index in [2.05, 4.69) is 15.6 Å². The molecule has 8 nitrogen and oxygen atoms in total. The molecule has 9 heteroatoms. The molecule has 1 heterocycles. The highest BCUT2D eigenvalue weighted by molar-refractivity contribution is 6.33. The highest BCUT2D eigenvalue weighted by Crippen LogP contribution is 2.20. The number of anilines is 1. The lowest BCUT2D eigenvalue weighted by Crippen LogP contribution is -2.13. The number of benzene rings is 1. The lowest BCUT2D eigenvalue weighted by atomic mass is 10.2. The van der Waals surface area contributed by atoms with Gasteiger partial charge in [0.05, 0.1) is 23.3 Å². The third-order valence-corrected chi connectivity index (χ3v) is 2.91. The Bertz CT molecular complexity index is 685. The topological polar surface area (TPSA) is 123 Å². The fourth-order valence-electron chi connectivity index (χ4n) is 1.61. The molecule has 0 radical (unpaired) electrons. The van der Waals surface area contributed by atoms with Crippen molar-refractivity contribution in [3.8, 4) is 0 Å². The number of nitrogens with two attached hydrogens (primary N) is 1. The van der Waals surface area contributed by atoms with E-state index in [0.717, 1.165) is 0 Å². The zero-order valence-electron chi connectivity index (χ0n) is 10.8. The number of hydrogen-bond donors (Lipinski definition) is 3. The maximum Gasteiger partial charge on any atom is 0.337 e. The average Bonchev–Trinajstić information content (AvgIpc) is 2.90. The van der Waals surface area contributed by atoms with Crippen LogP contribution in [0.3, 0.4) is 0 Å². The Morgan fingerprint density at radius 2 is 2.19 bits per heavy atom. The van der Waals surface area contributed by atoms with E-state index in [1.165, 1.54) is 29.1 Å². The van der Waals surface area contributed by atoms with Crippen molar-refractivity contribution in [2.75, 3.05) is 11.9 Å². The fourth-order valence-corrected chi connectivity index (χ4v) is 1.80. The molecule has 0 aliphatic carbocycles. The first kappa shape index (κ1) is 14.9. The fraction of sp³-hybridized carbons (Fsp3) is 0.167. The third kappa shape index (κ3) is 3.56.